The number of hydrogen-bond acceptors (Lipinski definition) is 7. The van der Waals surface area contributed by atoms with Crippen LogP contribution in [0.15, 0.2) is 55.1 Å². The van der Waals surface area contributed by atoms with Crippen LogP contribution in [0.1, 0.15) is 34.5 Å². The molecule has 1 aromatic carbocycles. The van der Waals surface area contributed by atoms with Gasteiger partial charge in [0.25, 0.3) is 5.91 Å². The average Bonchev–Trinajstić information content (AvgIpc) is 2.86. The van der Waals surface area contributed by atoms with E-state index < -0.39 is 0 Å². The molecule has 0 aliphatic carbocycles. The highest BCUT2D eigenvalue weighted by atomic mass is 32.1. The van der Waals surface area contributed by atoms with E-state index in [1.807, 2.05) is 49.5 Å². The molecule has 3 heterocycles. The van der Waals surface area contributed by atoms with Crippen molar-refractivity contribution in [3.63, 3.8) is 0 Å². The van der Waals surface area contributed by atoms with Gasteiger partial charge in [-0.15, -0.1) is 0 Å². The topological polar surface area (TPSA) is 102 Å². The summed E-state index contributed by atoms with van der Waals surface area (Å²) < 4.78 is 5.38. The van der Waals surface area contributed by atoms with Gasteiger partial charge in [0.2, 0.25) is 0 Å². The molecule has 176 valence electrons. The van der Waals surface area contributed by atoms with Crippen LogP contribution in [-0.2, 0) is 0 Å². The zero-order chi connectivity index (χ0) is 23.4. The van der Waals surface area contributed by atoms with Crippen molar-refractivity contribution in [1.29, 1.82) is 0 Å². The third kappa shape index (κ3) is 5.09. The molecule has 8 nitrogen and oxygen atoms in total. The molecule has 9 heteroatoms. The molecule has 2 N–H and O–H groups in total. The first kappa shape index (κ1) is 24.9. The predicted octanol–water partition coefficient (Wildman–Crippen LogP) is 4.09. The van der Waals surface area contributed by atoms with Gasteiger partial charge >= 0.3 is 0 Å². The lowest BCUT2D eigenvalue weighted by atomic mass is 9.95. The number of para-hydroxylation sites is 1. The first-order chi connectivity index (χ1) is 16.0. The molecule has 0 fully saturated rings. The molecule has 1 atom stereocenters. The number of carbonyl (C=O) groups is 1. The summed E-state index contributed by atoms with van der Waals surface area (Å²) in [6, 6.07) is 11.7. The minimum atomic E-state index is -0.207. The van der Waals surface area contributed by atoms with E-state index in [9.17, 15) is 4.79 Å². The predicted molar refractivity (Wildman–Crippen MR) is 139 cm³/mol. The number of pyridine rings is 2. The summed E-state index contributed by atoms with van der Waals surface area (Å²) in [7, 11) is 3.14. The number of rotatable bonds is 7. The number of aromatic nitrogens is 4. The smallest absolute Gasteiger partial charge is 0.255 e. The van der Waals surface area contributed by atoms with Crippen LogP contribution in [0.4, 0.5) is 5.82 Å². The number of aryl methyl sites for hydroxylation is 1. The first-order valence-electron chi connectivity index (χ1n) is 10.7. The number of fused-ring (bicyclic) bond motifs is 1. The quantitative estimate of drug-likeness (QED) is 0.414. The molecule has 0 aliphatic heterocycles. The summed E-state index contributed by atoms with van der Waals surface area (Å²) in [5.74, 6) is 1.07. The highest BCUT2D eigenvalue weighted by Gasteiger charge is 2.19. The summed E-state index contributed by atoms with van der Waals surface area (Å²) in [6.07, 6.45) is 4.95. The fourth-order valence-corrected chi connectivity index (χ4v) is 3.74. The number of ether oxygens (including phenoxy) is 1. The van der Waals surface area contributed by atoms with E-state index in [1.54, 1.807) is 19.6 Å². The van der Waals surface area contributed by atoms with E-state index in [2.05, 4.69) is 37.5 Å². The SMILES string of the molecule is CNC(=O)c1c(OC)cnc2c([C@H](C)CNc3cc(-c4ccc(C)nc4)ncn3)cccc12.S. The van der Waals surface area contributed by atoms with E-state index in [-0.39, 0.29) is 25.3 Å². The number of amides is 1. The molecular weight excluding hydrogens is 448 g/mol. The molecule has 0 unspecified atom stereocenters. The molecule has 4 rings (SSSR count). The molecule has 0 bridgehead atoms. The highest BCUT2D eigenvalue weighted by molar-refractivity contribution is 7.59. The summed E-state index contributed by atoms with van der Waals surface area (Å²) in [6.45, 7) is 4.69. The molecule has 4 aromatic rings. The van der Waals surface area contributed by atoms with Crippen molar-refractivity contribution in [3.8, 4) is 17.0 Å². The van der Waals surface area contributed by atoms with Crippen molar-refractivity contribution in [2.45, 2.75) is 19.8 Å². The number of methoxy groups -OCH3 is 1. The molecule has 0 aliphatic rings. The largest absolute Gasteiger partial charge is 0.494 e. The third-order valence-corrected chi connectivity index (χ3v) is 5.56. The standard InChI is InChI=1S/C25H26N6O2.H2S/c1-15(11-28-22-10-20(30-14-31-22)17-9-8-16(2)27-12-17)18-6-5-7-19-23(25(32)26-3)21(33-4)13-29-24(18)19;/h5-10,12-15H,11H2,1-4H3,(H,26,32)(H,28,30,31);1H2/t15-;/m1./s1. The zero-order valence-corrected chi connectivity index (χ0v) is 20.6. The van der Waals surface area contributed by atoms with E-state index in [0.29, 0.717) is 17.9 Å². The Morgan fingerprint density at radius 2 is 1.91 bits per heavy atom. The maximum Gasteiger partial charge on any atom is 0.255 e. The number of hydrogen-bond donors (Lipinski definition) is 2. The minimum Gasteiger partial charge on any atom is -0.494 e. The van der Waals surface area contributed by atoms with Gasteiger partial charge in [-0.2, -0.15) is 13.5 Å². The van der Waals surface area contributed by atoms with Crippen molar-refractivity contribution < 1.29 is 9.53 Å². The second kappa shape index (κ2) is 10.9. The van der Waals surface area contributed by atoms with Gasteiger partial charge in [0.05, 0.1) is 30.1 Å². The summed E-state index contributed by atoms with van der Waals surface area (Å²) in [5.41, 5.74) is 5.00. The van der Waals surface area contributed by atoms with Crippen LogP contribution in [0.25, 0.3) is 22.2 Å². The normalized spacial score (nSPS) is 11.4. The van der Waals surface area contributed by atoms with Crippen molar-refractivity contribution in [2.75, 3.05) is 26.0 Å². The number of nitrogens with zero attached hydrogens (tertiary/aromatic N) is 4. The molecule has 0 radical (unpaired) electrons. The van der Waals surface area contributed by atoms with Crippen LogP contribution in [0.3, 0.4) is 0 Å². The number of carbonyl (C=O) groups excluding carboxylic acids is 1. The second-order valence-corrected chi connectivity index (χ2v) is 7.78. The highest BCUT2D eigenvalue weighted by Crippen LogP contribution is 2.31. The fraction of sp³-hybridized carbons (Fsp3) is 0.240. The Kier molecular flexibility index (Phi) is 8.01. The molecule has 1 amide bonds. The van der Waals surface area contributed by atoms with E-state index in [1.165, 1.54) is 7.11 Å². The Hall–Kier alpha value is -3.72. The second-order valence-electron chi connectivity index (χ2n) is 7.78. The fourth-order valence-electron chi connectivity index (χ4n) is 3.74. The van der Waals surface area contributed by atoms with Crippen LogP contribution >= 0.6 is 13.5 Å². The third-order valence-electron chi connectivity index (χ3n) is 5.56. The van der Waals surface area contributed by atoms with Crippen molar-refractivity contribution >= 4 is 36.1 Å². The number of benzene rings is 1. The van der Waals surface area contributed by atoms with Gasteiger partial charge in [0, 0.05) is 48.4 Å². The Labute approximate surface area is 205 Å². The van der Waals surface area contributed by atoms with E-state index >= 15 is 0 Å². The Morgan fingerprint density at radius 3 is 2.62 bits per heavy atom. The minimum absolute atomic E-state index is 0. The van der Waals surface area contributed by atoms with E-state index in [4.69, 9.17) is 4.74 Å². The first-order valence-corrected chi connectivity index (χ1v) is 10.7. The van der Waals surface area contributed by atoms with Crippen molar-refractivity contribution in [1.82, 2.24) is 25.3 Å². The van der Waals surface area contributed by atoms with Gasteiger partial charge in [-0.1, -0.05) is 25.1 Å². The average molecular weight is 477 g/mol. The number of anilines is 1. The van der Waals surface area contributed by atoms with Crippen LogP contribution < -0.4 is 15.4 Å². The molecule has 3 aromatic heterocycles. The molecule has 0 saturated heterocycles. The molecule has 34 heavy (non-hydrogen) atoms. The van der Waals surface area contributed by atoms with Gasteiger partial charge in [0.15, 0.2) is 5.75 Å². The maximum atomic E-state index is 12.5. The summed E-state index contributed by atoms with van der Waals surface area (Å²) >= 11 is 0. The lowest BCUT2D eigenvalue weighted by Gasteiger charge is -2.17. The number of nitrogens with one attached hydrogen (secondary N) is 2. The lowest BCUT2D eigenvalue weighted by molar-refractivity contribution is 0.0961. The van der Waals surface area contributed by atoms with Crippen LogP contribution in [-0.4, -0.2) is 46.5 Å². The Bertz CT molecular complexity index is 1300. The molecule has 0 saturated carbocycles. The van der Waals surface area contributed by atoms with Gasteiger partial charge in [0.1, 0.15) is 12.1 Å². The van der Waals surface area contributed by atoms with Gasteiger partial charge in [-0.3, -0.25) is 14.8 Å². The maximum absolute atomic E-state index is 12.5. The zero-order valence-electron chi connectivity index (χ0n) is 19.6. The van der Waals surface area contributed by atoms with Gasteiger partial charge in [-0.25, -0.2) is 9.97 Å². The molecular formula is C25H28N6O2S. The van der Waals surface area contributed by atoms with Crippen LogP contribution in [0.5, 0.6) is 5.75 Å². The van der Waals surface area contributed by atoms with Crippen LogP contribution in [0.2, 0.25) is 0 Å². The monoisotopic (exact) mass is 476 g/mol. The molecule has 0 spiro atoms. The van der Waals surface area contributed by atoms with Crippen molar-refractivity contribution in [3.05, 3.63) is 71.9 Å². The van der Waals surface area contributed by atoms with Crippen LogP contribution in [0, 0.1) is 6.92 Å². The summed E-state index contributed by atoms with van der Waals surface area (Å²) in [4.78, 5) is 30.2. The Morgan fingerprint density at radius 1 is 1.09 bits per heavy atom. The lowest BCUT2D eigenvalue weighted by Crippen LogP contribution is -2.19. The Balaban J connectivity index is 0.00000324. The summed E-state index contributed by atoms with van der Waals surface area (Å²) in [5, 5.41) is 6.84. The van der Waals surface area contributed by atoms with Gasteiger partial charge in [-0.05, 0) is 24.6 Å². The van der Waals surface area contributed by atoms with E-state index in [0.717, 1.165) is 39.2 Å². The van der Waals surface area contributed by atoms with Crippen molar-refractivity contribution in [2.24, 2.45) is 0 Å². The van der Waals surface area contributed by atoms with Gasteiger partial charge < -0.3 is 15.4 Å².